The van der Waals surface area contributed by atoms with E-state index < -0.39 is 7.60 Å². The van der Waals surface area contributed by atoms with Gasteiger partial charge in [0, 0.05) is 19.0 Å². The van der Waals surface area contributed by atoms with Crippen molar-refractivity contribution >= 4 is 7.60 Å². The summed E-state index contributed by atoms with van der Waals surface area (Å²) in [6.07, 6.45) is 0. The fourth-order valence-corrected chi connectivity index (χ4v) is 4.87. The van der Waals surface area contributed by atoms with E-state index in [0.717, 1.165) is 6.54 Å². The smallest absolute Gasteiger partial charge is 0.315 e. The van der Waals surface area contributed by atoms with Gasteiger partial charge in [0.15, 0.2) is 0 Å². The molecular formula is C14H22NO3P. The zero-order chi connectivity index (χ0) is 13.7. The van der Waals surface area contributed by atoms with E-state index >= 15 is 0 Å². The summed E-state index contributed by atoms with van der Waals surface area (Å²) >= 11 is 0. The van der Waals surface area contributed by atoms with Crippen molar-refractivity contribution in [1.82, 2.24) is 5.32 Å². The van der Waals surface area contributed by atoms with Gasteiger partial charge in [0.2, 0.25) is 0 Å². The highest BCUT2D eigenvalue weighted by Gasteiger charge is 2.44. The van der Waals surface area contributed by atoms with Crippen LogP contribution in [0.5, 0.6) is 0 Å². The van der Waals surface area contributed by atoms with Crippen molar-refractivity contribution in [2.24, 2.45) is 0 Å². The van der Waals surface area contributed by atoms with Crippen LogP contribution in [-0.4, -0.2) is 32.0 Å². The van der Waals surface area contributed by atoms with Crippen molar-refractivity contribution in [1.29, 1.82) is 0 Å². The predicted octanol–water partition coefficient (Wildman–Crippen LogP) is 3.01. The molecule has 0 radical (unpaired) electrons. The number of hydrogen-bond acceptors (Lipinski definition) is 4. The lowest BCUT2D eigenvalue weighted by molar-refractivity contribution is 0.211. The summed E-state index contributed by atoms with van der Waals surface area (Å²) in [7, 11) is -3.05. The monoisotopic (exact) mass is 283 g/mol. The Morgan fingerprint density at radius 3 is 2.37 bits per heavy atom. The van der Waals surface area contributed by atoms with Gasteiger partial charge in [0.05, 0.1) is 18.9 Å². The van der Waals surface area contributed by atoms with Crippen molar-refractivity contribution in [3.8, 4) is 0 Å². The van der Waals surface area contributed by atoms with E-state index in [9.17, 15) is 4.57 Å². The second kappa shape index (κ2) is 6.67. The van der Waals surface area contributed by atoms with Crippen LogP contribution in [0.3, 0.4) is 0 Å². The minimum absolute atomic E-state index is 0.102. The molecule has 0 spiro atoms. The van der Waals surface area contributed by atoms with Gasteiger partial charge in [0.1, 0.15) is 0 Å². The minimum Gasteiger partial charge on any atom is -0.315 e. The maximum Gasteiger partial charge on any atom is 0.335 e. The number of hydrogen-bond donors (Lipinski definition) is 1. The van der Waals surface area contributed by atoms with Crippen LogP contribution in [0, 0.1) is 0 Å². The van der Waals surface area contributed by atoms with Gasteiger partial charge < -0.3 is 14.4 Å². The SMILES string of the molecule is CCOP(=O)(OCC)C1CNCC1c1ccccc1. The van der Waals surface area contributed by atoms with Gasteiger partial charge in [-0.05, 0) is 19.4 Å². The molecule has 0 aromatic heterocycles. The Bertz CT molecular complexity index is 428. The van der Waals surface area contributed by atoms with Gasteiger partial charge in [-0.25, -0.2) is 0 Å². The quantitative estimate of drug-likeness (QED) is 0.815. The molecule has 1 fully saturated rings. The Balaban J connectivity index is 2.24. The van der Waals surface area contributed by atoms with E-state index in [1.165, 1.54) is 5.56 Å². The summed E-state index contributed by atoms with van der Waals surface area (Å²) in [4.78, 5) is 0. The molecule has 106 valence electrons. The normalized spacial score (nSPS) is 23.7. The van der Waals surface area contributed by atoms with E-state index in [1.54, 1.807) is 0 Å². The van der Waals surface area contributed by atoms with Gasteiger partial charge in [-0.2, -0.15) is 0 Å². The maximum absolute atomic E-state index is 12.9. The molecule has 0 aliphatic carbocycles. The summed E-state index contributed by atoms with van der Waals surface area (Å²) in [6, 6.07) is 10.2. The fourth-order valence-electron chi connectivity index (χ4n) is 2.63. The molecule has 1 N–H and O–H groups in total. The van der Waals surface area contributed by atoms with Crippen LogP contribution in [0.4, 0.5) is 0 Å². The largest absolute Gasteiger partial charge is 0.335 e. The van der Waals surface area contributed by atoms with Gasteiger partial charge in [0.25, 0.3) is 0 Å². The summed E-state index contributed by atoms with van der Waals surface area (Å²) in [6.45, 7) is 6.03. The fraction of sp³-hybridized carbons (Fsp3) is 0.571. The van der Waals surface area contributed by atoms with E-state index in [-0.39, 0.29) is 11.6 Å². The molecule has 2 unspecified atom stereocenters. The molecule has 19 heavy (non-hydrogen) atoms. The molecular weight excluding hydrogens is 261 g/mol. The molecule has 5 heteroatoms. The summed E-state index contributed by atoms with van der Waals surface area (Å²) in [5.41, 5.74) is 1.09. The van der Waals surface area contributed by atoms with Crippen molar-refractivity contribution in [3.05, 3.63) is 35.9 Å². The molecule has 4 nitrogen and oxygen atoms in total. The lowest BCUT2D eigenvalue weighted by Gasteiger charge is -2.27. The van der Waals surface area contributed by atoms with Gasteiger partial charge in [-0.3, -0.25) is 4.57 Å². The highest BCUT2D eigenvalue weighted by atomic mass is 31.2. The molecule has 0 amide bonds. The van der Waals surface area contributed by atoms with Crippen molar-refractivity contribution in [2.75, 3.05) is 26.3 Å². The average Bonchev–Trinajstić information content (AvgIpc) is 2.90. The van der Waals surface area contributed by atoms with Crippen LogP contribution in [0.2, 0.25) is 0 Å². The van der Waals surface area contributed by atoms with Gasteiger partial charge in [-0.15, -0.1) is 0 Å². The third-order valence-electron chi connectivity index (χ3n) is 3.43. The molecule has 2 atom stereocenters. The molecule has 2 rings (SSSR count). The van der Waals surface area contributed by atoms with Gasteiger partial charge >= 0.3 is 7.60 Å². The first-order valence-electron chi connectivity index (χ1n) is 6.85. The van der Waals surface area contributed by atoms with Crippen molar-refractivity contribution in [2.45, 2.75) is 25.4 Å². The Morgan fingerprint density at radius 1 is 1.16 bits per heavy atom. The molecule has 1 aliphatic rings. The standard InChI is InChI=1S/C14H22NO3P/c1-3-17-19(16,18-4-2)14-11-15-10-13(14)12-8-6-5-7-9-12/h5-9,13-15H,3-4,10-11H2,1-2H3. The zero-order valence-corrected chi connectivity index (χ0v) is 12.4. The molecule has 1 saturated heterocycles. The highest BCUT2D eigenvalue weighted by molar-refractivity contribution is 7.54. The minimum atomic E-state index is -3.05. The number of rotatable bonds is 6. The Labute approximate surface area is 115 Å². The van der Waals surface area contributed by atoms with E-state index in [2.05, 4.69) is 17.4 Å². The summed E-state index contributed by atoms with van der Waals surface area (Å²) < 4.78 is 23.9. The topological polar surface area (TPSA) is 47.6 Å². The van der Waals surface area contributed by atoms with Crippen LogP contribution < -0.4 is 5.32 Å². The molecule has 1 heterocycles. The predicted molar refractivity (Wildman–Crippen MR) is 76.7 cm³/mol. The number of benzene rings is 1. The second-order valence-corrected chi connectivity index (χ2v) is 6.88. The van der Waals surface area contributed by atoms with Crippen LogP contribution in [0.15, 0.2) is 30.3 Å². The Hall–Kier alpha value is -0.670. The Kier molecular flexibility index (Phi) is 5.17. The average molecular weight is 283 g/mol. The van der Waals surface area contributed by atoms with E-state index in [4.69, 9.17) is 9.05 Å². The van der Waals surface area contributed by atoms with E-state index in [0.29, 0.717) is 19.8 Å². The van der Waals surface area contributed by atoms with Crippen LogP contribution in [0.25, 0.3) is 0 Å². The Morgan fingerprint density at radius 2 is 1.79 bits per heavy atom. The zero-order valence-electron chi connectivity index (χ0n) is 11.5. The van der Waals surface area contributed by atoms with Crippen LogP contribution >= 0.6 is 7.60 Å². The molecule has 0 bridgehead atoms. The second-order valence-electron chi connectivity index (χ2n) is 4.62. The maximum atomic E-state index is 12.9. The first-order chi connectivity index (χ1) is 9.21. The van der Waals surface area contributed by atoms with Crippen LogP contribution in [-0.2, 0) is 13.6 Å². The van der Waals surface area contributed by atoms with E-state index in [1.807, 2.05) is 32.0 Å². The first-order valence-corrected chi connectivity index (χ1v) is 8.47. The summed E-state index contributed by atoms with van der Waals surface area (Å²) in [5.74, 6) is 0.185. The lowest BCUT2D eigenvalue weighted by Crippen LogP contribution is -2.21. The number of nitrogens with one attached hydrogen (secondary N) is 1. The molecule has 1 aliphatic heterocycles. The molecule has 1 aromatic carbocycles. The summed E-state index contributed by atoms with van der Waals surface area (Å²) in [5, 5.41) is 3.31. The van der Waals surface area contributed by atoms with Crippen molar-refractivity contribution < 1.29 is 13.6 Å². The highest BCUT2D eigenvalue weighted by Crippen LogP contribution is 2.58. The molecule has 0 saturated carbocycles. The van der Waals surface area contributed by atoms with Crippen LogP contribution in [0.1, 0.15) is 25.3 Å². The molecule has 1 aromatic rings. The van der Waals surface area contributed by atoms with Crippen molar-refractivity contribution in [3.63, 3.8) is 0 Å². The third kappa shape index (κ3) is 3.26. The third-order valence-corrected chi connectivity index (χ3v) is 6.03. The van der Waals surface area contributed by atoms with Gasteiger partial charge in [-0.1, -0.05) is 30.3 Å². The lowest BCUT2D eigenvalue weighted by atomic mass is 9.98. The first kappa shape index (κ1) is 14.7.